The van der Waals surface area contributed by atoms with Crippen LogP contribution >= 0.6 is 11.3 Å². The first-order valence-corrected chi connectivity index (χ1v) is 10.9. The molecule has 3 rings (SSSR count). The maximum absolute atomic E-state index is 12.2. The normalized spacial score (nSPS) is 10.5. The molecule has 0 aliphatic rings. The molecule has 3 aromatic rings. The molecule has 158 valence electrons. The second-order valence-corrected chi connectivity index (χ2v) is 7.34. The van der Waals surface area contributed by atoms with E-state index in [0.717, 1.165) is 36.5 Å². The molecule has 0 aliphatic carbocycles. The lowest BCUT2D eigenvalue weighted by Gasteiger charge is -2.11. The number of amides is 1. The van der Waals surface area contributed by atoms with Crippen molar-refractivity contribution < 1.29 is 19.0 Å². The zero-order valence-corrected chi connectivity index (χ0v) is 18.0. The smallest absolute Gasteiger partial charge is 0.264 e. The zero-order valence-electron chi connectivity index (χ0n) is 17.2. The second kappa shape index (κ2) is 11.2. The lowest BCUT2D eigenvalue weighted by atomic mass is 10.2. The van der Waals surface area contributed by atoms with Gasteiger partial charge in [0.2, 0.25) is 0 Å². The molecule has 0 fully saturated rings. The van der Waals surface area contributed by atoms with Crippen LogP contribution in [0.15, 0.2) is 53.9 Å². The molecule has 0 radical (unpaired) electrons. The van der Waals surface area contributed by atoms with Crippen LogP contribution in [0.3, 0.4) is 0 Å². The van der Waals surface area contributed by atoms with Crippen molar-refractivity contribution in [1.29, 1.82) is 0 Å². The Morgan fingerprint density at radius 3 is 2.43 bits per heavy atom. The number of hydrogen-bond donors (Lipinski definition) is 1. The summed E-state index contributed by atoms with van der Waals surface area (Å²) in [4.78, 5) is 16.7. The van der Waals surface area contributed by atoms with Crippen LogP contribution in [0.1, 0.15) is 26.7 Å². The Morgan fingerprint density at radius 2 is 1.73 bits per heavy atom. The topological polar surface area (TPSA) is 69.7 Å². The Balaban J connectivity index is 1.53. The monoisotopic (exact) mass is 426 g/mol. The van der Waals surface area contributed by atoms with E-state index in [1.807, 2.05) is 54.8 Å². The van der Waals surface area contributed by atoms with Crippen molar-refractivity contribution in [3.63, 3.8) is 0 Å². The minimum absolute atomic E-state index is 0.122. The summed E-state index contributed by atoms with van der Waals surface area (Å²) in [5.74, 6) is 1.73. The average Bonchev–Trinajstić information content (AvgIpc) is 3.22. The summed E-state index contributed by atoms with van der Waals surface area (Å²) in [6.45, 7) is 5.16. The largest absolute Gasteiger partial charge is 0.494 e. The number of nitrogens with zero attached hydrogens (tertiary/aromatic N) is 1. The van der Waals surface area contributed by atoms with Gasteiger partial charge in [-0.2, -0.15) is 0 Å². The molecular formula is C23H26N2O4S. The van der Waals surface area contributed by atoms with Gasteiger partial charge in [0.05, 0.1) is 18.9 Å². The highest BCUT2D eigenvalue weighted by Crippen LogP contribution is 2.28. The molecule has 1 N–H and O–H groups in total. The first-order chi connectivity index (χ1) is 14.7. The Labute approximate surface area is 180 Å². The molecule has 0 saturated heterocycles. The summed E-state index contributed by atoms with van der Waals surface area (Å²) < 4.78 is 16.8. The van der Waals surface area contributed by atoms with E-state index in [1.165, 1.54) is 11.3 Å². The van der Waals surface area contributed by atoms with Gasteiger partial charge >= 0.3 is 0 Å². The summed E-state index contributed by atoms with van der Waals surface area (Å²) >= 11 is 1.37. The van der Waals surface area contributed by atoms with Crippen LogP contribution in [0.5, 0.6) is 17.2 Å². The van der Waals surface area contributed by atoms with Gasteiger partial charge in [0, 0.05) is 10.9 Å². The van der Waals surface area contributed by atoms with Crippen LogP contribution in [0, 0.1) is 0 Å². The fourth-order valence-corrected chi connectivity index (χ4v) is 3.40. The van der Waals surface area contributed by atoms with Gasteiger partial charge in [0.15, 0.2) is 23.2 Å². The number of nitrogens with one attached hydrogen (secondary N) is 1. The van der Waals surface area contributed by atoms with E-state index in [4.69, 9.17) is 14.2 Å². The van der Waals surface area contributed by atoms with Gasteiger partial charge in [-0.1, -0.05) is 25.5 Å². The van der Waals surface area contributed by atoms with Crippen molar-refractivity contribution in [2.45, 2.75) is 26.7 Å². The second-order valence-electron chi connectivity index (χ2n) is 6.48. The van der Waals surface area contributed by atoms with Crippen molar-refractivity contribution in [2.24, 2.45) is 0 Å². The van der Waals surface area contributed by atoms with Crippen molar-refractivity contribution in [3.05, 3.63) is 53.9 Å². The van der Waals surface area contributed by atoms with Crippen LogP contribution in [0.25, 0.3) is 11.3 Å². The molecule has 7 heteroatoms. The summed E-state index contributed by atoms with van der Waals surface area (Å²) in [5.41, 5.74) is 1.77. The molecule has 1 amide bonds. The highest BCUT2D eigenvalue weighted by Gasteiger charge is 2.11. The number of aromatic nitrogens is 1. The van der Waals surface area contributed by atoms with Crippen LogP contribution in [-0.2, 0) is 4.79 Å². The van der Waals surface area contributed by atoms with Crippen molar-refractivity contribution in [3.8, 4) is 28.5 Å². The minimum atomic E-state index is -0.276. The lowest BCUT2D eigenvalue weighted by Crippen LogP contribution is -2.20. The molecular weight excluding hydrogens is 400 g/mol. The van der Waals surface area contributed by atoms with E-state index in [2.05, 4.69) is 17.2 Å². The van der Waals surface area contributed by atoms with E-state index < -0.39 is 0 Å². The fourth-order valence-electron chi connectivity index (χ4n) is 2.66. The number of para-hydroxylation sites is 2. The summed E-state index contributed by atoms with van der Waals surface area (Å²) in [6.07, 6.45) is 2.15. The molecule has 0 aliphatic heterocycles. The van der Waals surface area contributed by atoms with E-state index in [0.29, 0.717) is 23.2 Å². The molecule has 0 atom stereocenters. The summed E-state index contributed by atoms with van der Waals surface area (Å²) in [7, 11) is 0. The number of ether oxygens (including phenoxy) is 3. The molecule has 0 saturated carbocycles. The molecule has 1 aromatic heterocycles. The number of benzene rings is 2. The molecule has 2 aromatic carbocycles. The van der Waals surface area contributed by atoms with E-state index >= 15 is 0 Å². The molecule has 0 bridgehead atoms. The number of carbonyl (C=O) groups is 1. The maximum atomic E-state index is 12.2. The maximum Gasteiger partial charge on any atom is 0.264 e. The highest BCUT2D eigenvalue weighted by molar-refractivity contribution is 7.14. The summed E-state index contributed by atoms with van der Waals surface area (Å²) in [6, 6.07) is 15.1. The lowest BCUT2D eigenvalue weighted by molar-refractivity contribution is -0.118. The first kappa shape index (κ1) is 21.6. The molecule has 6 nitrogen and oxygen atoms in total. The number of anilines is 1. The van der Waals surface area contributed by atoms with Crippen LogP contribution in [0.4, 0.5) is 5.13 Å². The molecule has 0 unspecified atom stereocenters. The number of thiazole rings is 1. The van der Waals surface area contributed by atoms with Gasteiger partial charge in [-0.25, -0.2) is 4.98 Å². The SMILES string of the molecule is CCCCOc1ccc(-c2csc(NC(=O)COc3ccccc3OCC)n2)cc1. The standard InChI is InChI=1S/C23H26N2O4S/c1-3-5-14-28-18-12-10-17(11-13-18)19-16-30-23(24-19)25-22(26)15-29-21-9-7-6-8-20(21)27-4-2/h6-13,16H,3-5,14-15H2,1-2H3,(H,24,25,26). The van der Waals surface area contributed by atoms with Gasteiger partial charge in [-0.3, -0.25) is 10.1 Å². The Morgan fingerprint density at radius 1 is 1.00 bits per heavy atom. The van der Waals surface area contributed by atoms with Crippen molar-refractivity contribution in [2.75, 3.05) is 25.1 Å². The molecule has 1 heterocycles. The highest BCUT2D eigenvalue weighted by atomic mass is 32.1. The Bertz CT molecular complexity index is 940. The number of carbonyl (C=O) groups excluding carboxylic acids is 1. The third-order valence-corrected chi connectivity index (χ3v) is 4.93. The summed E-state index contributed by atoms with van der Waals surface area (Å²) in [5, 5.41) is 5.22. The Hall–Kier alpha value is -3.06. The minimum Gasteiger partial charge on any atom is -0.494 e. The van der Waals surface area contributed by atoms with Gasteiger partial charge in [-0.15, -0.1) is 11.3 Å². The Kier molecular flexibility index (Phi) is 8.09. The third-order valence-electron chi connectivity index (χ3n) is 4.18. The number of rotatable bonds is 11. The van der Waals surface area contributed by atoms with E-state index in [1.54, 1.807) is 6.07 Å². The van der Waals surface area contributed by atoms with Gasteiger partial charge < -0.3 is 14.2 Å². The van der Waals surface area contributed by atoms with Gasteiger partial charge in [0.1, 0.15) is 5.75 Å². The zero-order chi connectivity index (χ0) is 21.2. The quantitative estimate of drug-likeness (QED) is 0.416. The van der Waals surface area contributed by atoms with Crippen molar-refractivity contribution >= 4 is 22.4 Å². The number of hydrogen-bond acceptors (Lipinski definition) is 6. The van der Waals surface area contributed by atoms with Gasteiger partial charge in [0.25, 0.3) is 5.91 Å². The molecule has 0 spiro atoms. The van der Waals surface area contributed by atoms with Crippen molar-refractivity contribution in [1.82, 2.24) is 4.98 Å². The third kappa shape index (κ3) is 6.22. The predicted molar refractivity (Wildman–Crippen MR) is 120 cm³/mol. The van der Waals surface area contributed by atoms with Crippen LogP contribution < -0.4 is 19.5 Å². The molecule has 30 heavy (non-hydrogen) atoms. The van der Waals surface area contributed by atoms with E-state index in [-0.39, 0.29) is 12.5 Å². The van der Waals surface area contributed by atoms with E-state index in [9.17, 15) is 4.79 Å². The average molecular weight is 427 g/mol. The van der Waals surface area contributed by atoms with Gasteiger partial charge in [-0.05, 0) is 49.7 Å². The fraction of sp³-hybridized carbons (Fsp3) is 0.304. The predicted octanol–water partition coefficient (Wildman–Crippen LogP) is 5.41. The number of unbranched alkanes of at least 4 members (excludes halogenated alkanes) is 1. The van der Waals surface area contributed by atoms with Crippen LogP contribution in [-0.4, -0.2) is 30.7 Å². The van der Waals surface area contributed by atoms with Crippen LogP contribution in [0.2, 0.25) is 0 Å². The first-order valence-electron chi connectivity index (χ1n) is 10.0.